The standard InChI is InChI=1S/C46H61N7O7/c1-13-21-53(44(55)40(26(5)6)51-46(57)59-12)29(9)27(7)48-28(8)31-17-20-38-36(23-31)35-19-15-32-22-33(16-18-34(32)41(35)60-38)37-24-47-42(49-37)30(10)52(14-2)43(54)39(25(3)4)50-45(56)58-11/h16-18,20,22-26,29-30,39-40H,8,13-15,19,21H2,1-7,9-12H3,(H,47,49)(H,50,56)(H,51,57). The number of rotatable bonds is 16. The minimum absolute atomic E-state index is 0.142. The van der Waals surface area contributed by atoms with Crippen LogP contribution in [0.1, 0.15) is 97.3 Å². The van der Waals surface area contributed by atoms with Gasteiger partial charge in [-0.15, -0.1) is 0 Å². The maximum atomic E-state index is 13.7. The molecule has 60 heavy (non-hydrogen) atoms. The second-order valence-electron chi connectivity index (χ2n) is 16.1. The summed E-state index contributed by atoms with van der Waals surface area (Å²) in [7, 11) is 2.56. The number of ether oxygens (including phenoxy) is 2. The van der Waals surface area contributed by atoms with Gasteiger partial charge in [0, 0.05) is 40.9 Å². The minimum atomic E-state index is -0.738. The Morgan fingerprint density at radius 1 is 0.900 bits per heavy atom. The van der Waals surface area contributed by atoms with E-state index in [0.29, 0.717) is 24.6 Å². The fourth-order valence-corrected chi connectivity index (χ4v) is 7.80. The number of carbonyl (C=O) groups excluding carboxylic acids is 4. The maximum Gasteiger partial charge on any atom is 0.407 e. The van der Waals surface area contributed by atoms with Crippen LogP contribution < -0.4 is 10.6 Å². The summed E-state index contributed by atoms with van der Waals surface area (Å²) in [4.78, 5) is 67.9. The molecule has 0 saturated carbocycles. The highest BCUT2D eigenvalue weighted by Crippen LogP contribution is 2.42. The van der Waals surface area contributed by atoms with Crippen LogP contribution in [0.15, 0.2) is 58.6 Å². The molecule has 2 heterocycles. The van der Waals surface area contributed by atoms with Gasteiger partial charge in [0.1, 0.15) is 29.3 Å². The topological polar surface area (TPSA) is 171 Å². The molecule has 4 amide bonds. The molecule has 1 aliphatic rings. The van der Waals surface area contributed by atoms with Gasteiger partial charge in [0.15, 0.2) is 0 Å². The third-order valence-corrected chi connectivity index (χ3v) is 11.4. The van der Waals surface area contributed by atoms with E-state index in [9.17, 15) is 19.2 Å². The molecule has 2 aromatic heterocycles. The first-order valence-corrected chi connectivity index (χ1v) is 20.8. The molecule has 0 radical (unpaired) electrons. The highest BCUT2D eigenvalue weighted by molar-refractivity contribution is 5.97. The smallest absolute Gasteiger partial charge is 0.407 e. The average molecular weight is 824 g/mol. The number of aromatic amines is 1. The van der Waals surface area contributed by atoms with E-state index in [1.807, 2.05) is 80.5 Å². The predicted molar refractivity (Wildman–Crippen MR) is 234 cm³/mol. The molecule has 3 N–H and O–H groups in total. The summed E-state index contributed by atoms with van der Waals surface area (Å²) in [5.41, 5.74) is 8.07. The van der Waals surface area contributed by atoms with E-state index in [1.54, 1.807) is 16.0 Å². The highest BCUT2D eigenvalue weighted by Gasteiger charge is 2.34. The number of carbonyl (C=O) groups is 4. The Hall–Kier alpha value is -5.92. The van der Waals surface area contributed by atoms with Crippen LogP contribution in [-0.2, 0) is 31.9 Å². The van der Waals surface area contributed by atoms with Crippen molar-refractivity contribution >= 4 is 46.4 Å². The van der Waals surface area contributed by atoms with Gasteiger partial charge in [-0.05, 0) is 94.2 Å². The molecule has 1 aliphatic carbocycles. The normalized spacial score (nSPS) is 14.4. The zero-order chi connectivity index (χ0) is 44.0. The summed E-state index contributed by atoms with van der Waals surface area (Å²) >= 11 is 0. The number of amides is 4. The van der Waals surface area contributed by atoms with Crippen molar-refractivity contribution in [2.45, 2.75) is 106 Å². The summed E-state index contributed by atoms with van der Waals surface area (Å²) in [6.07, 6.45) is 2.83. The number of nitrogens with one attached hydrogen (secondary N) is 3. The van der Waals surface area contributed by atoms with Crippen LogP contribution in [0.4, 0.5) is 9.59 Å². The van der Waals surface area contributed by atoms with Gasteiger partial charge < -0.3 is 39.3 Å². The molecule has 4 aromatic rings. The number of aromatic nitrogens is 2. The van der Waals surface area contributed by atoms with E-state index in [2.05, 4.69) is 45.4 Å². The number of H-pyrrole nitrogens is 1. The van der Waals surface area contributed by atoms with Crippen LogP contribution in [-0.4, -0.2) is 94.9 Å². The molecular weight excluding hydrogens is 763 g/mol. The first kappa shape index (κ1) is 45.2. The van der Waals surface area contributed by atoms with Crippen LogP contribution >= 0.6 is 0 Å². The molecule has 0 bridgehead atoms. The van der Waals surface area contributed by atoms with Gasteiger partial charge in [-0.25, -0.2) is 14.6 Å². The van der Waals surface area contributed by atoms with Crippen molar-refractivity contribution in [3.05, 3.63) is 71.7 Å². The molecule has 0 spiro atoms. The number of furan rings is 1. The maximum absolute atomic E-state index is 13.7. The zero-order valence-corrected chi connectivity index (χ0v) is 36.9. The Morgan fingerprint density at radius 2 is 1.53 bits per heavy atom. The number of likely N-dealkylation sites (N-methyl/N-ethyl adjacent to an activating group) is 1. The quantitative estimate of drug-likeness (QED) is 0.0947. The largest absolute Gasteiger partial charge is 0.456 e. The molecule has 5 rings (SSSR count). The number of nitrogens with zero attached hydrogens (tertiary/aromatic N) is 4. The van der Waals surface area contributed by atoms with Crippen molar-refractivity contribution in [3.8, 4) is 22.6 Å². The summed E-state index contributed by atoms with van der Waals surface area (Å²) in [5, 5.41) is 6.39. The second-order valence-corrected chi connectivity index (χ2v) is 16.1. The van der Waals surface area contributed by atoms with Crippen LogP contribution in [0.2, 0.25) is 0 Å². The monoisotopic (exact) mass is 823 g/mol. The molecule has 14 nitrogen and oxygen atoms in total. The Kier molecular flexibility index (Phi) is 14.6. The number of hydrogen-bond donors (Lipinski definition) is 3. The average Bonchev–Trinajstić information content (AvgIpc) is 3.88. The Balaban J connectivity index is 1.35. The van der Waals surface area contributed by atoms with Crippen LogP contribution in [0.25, 0.3) is 39.2 Å². The molecule has 2 aromatic carbocycles. The third kappa shape index (κ3) is 9.58. The van der Waals surface area contributed by atoms with Crippen molar-refractivity contribution in [3.63, 3.8) is 0 Å². The Morgan fingerprint density at radius 3 is 2.12 bits per heavy atom. The predicted octanol–water partition coefficient (Wildman–Crippen LogP) is 8.32. The second kappa shape index (κ2) is 19.4. The number of aryl methyl sites for hydroxylation is 2. The van der Waals surface area contributed by atoms with Crippen LogP contribution in [0.5, 0.6) is 0 Å². The van der Waals surface area contributed by atoms with Crippen molar-refractivity contribution in [1.29, 1.82) is 0 Å². The van der Waals surface area contributed by atoms with Gasteiger partial charge in [0.25, 0.3) is 0 Å². The van der Waals surface area contributed by atoms with E-state index < -0.39 is 24.3 Å². The lowest BCUT2D eigenvalue weighted by molar-refractivity contribution is -0.136. The summed E-state index contributed by atoms with van der Waals surface area (Å²) < 4.78 is 16.0. The fourth-order valence-electron chi connectivity index (χ4n) is 7.80. The molecule has 4 unspecified atom stereocenters. The summed E-state index contributed by atoms with van der Waals surface area (Å²) in [6, 6.07) is 10.1. The number of fused-ring (bicyclic) bond motifs is 5. The van der Waals surface area contributed by atoms with Crippen molar-refractivity contribution in [2.75, 3.05) is 27.3 Å². The van der Waals surface area contributed by atoms with E-state index >= 15 is 0 Å². The zero-order valence-electron chi connectivity index (χ0n) is 36.9. The first-order chi connectivity index (χ1) is 28.5. The van der Waals surface area contributed by atoms with Gasteiger partial charge in [-0.2, -0.15) is 0 Å². The van der Waals surface area contributed by atoms with Gasteiger partial charge in [0.05, 0.1) is 43.9 Å². The van der Waals surface area contributed by atoms with Crippen LogP contribution in [0, 0.1) is 11.8 Å². The molecule has 4 atom stereocenters. The molecule has 322 valence electrons. The molecule has 0 aliphatic heterocycles. The molecule has 0 saturated heterocycles. The summed E-state index contributed by atoms with van der Waals surface area (Å²) in [6.45, 7) is 22.5. The van der Waals surface area contributed by atoms with Gasteiger partial charge >= 0.3 is 12.2 Å². The molecular formula is C46H61N7O7. The minimum Gasteiger partial charge on any atom is -0.456 e. The van der Waals surface area contributed by atoms with Gasteiger partial charge in [0.2, 0.25) is 11.8 Å². The van der Waals surface area contributed by atoms with Crippen LogP contribution in [0.3, 0.4) is 0 Å². The van der Waals surface area contributed by atoms with Crippen molar-refractivity contribution in [2.24, 2.45) is 16.8 Å². The van der Waals surface area contributed by atoms with Crippen molar-refractivity contribution in [1.82, 2.24) is 30.4 Å². The van der Waals surface area contributed by atoms with E-state index in [-0.39, 0.29) is 35.7 Å². The SMILES string of the molecule is C=C(N=C(C)C(C)N(CCC)C(=O)C(NC(=O)OC)C(C)C)c1ccc2oc3c(c2c1)CCc1cc(-c2cnc(C(C)N(CC)C(=O)C(NC(=O)OC)C(C)C)[nH]2)ccc1-3. The fraction of sp³-hybridized carbons (Fsp3) is 0.478. The summed E-state index contributed by atoms with van der Waals surface area (Å²) in [5.74, 6) is 0.811. The molecule has 14 heteroatoms. The lowest BCUT2D eigenvalue weighted by atomic mass is 9.87. The molecule has 0 fully saturated rings. The Bertz CT molecular complexity index is 2250. The number of hydrogen-bond acceptors (Lipinski definition) is 9. The number of alkyl carbamates (subject to hydrolysis) is 2. The van der Waals surface area contributed by atoms with Crippen molar-refractivity contribution < 1.29 is 33.1 Å². The highest BCUT2D eigenvalue weighted by atomic mass is 16.5. The lowest BCUT2D eigenvalue weighted by Crippen LogP contribution is -2.55. The van der Waals surface area contributed by atoms with E-state index in [1.165, 1.54) is 14.2 Å². The van der Waals surface area contributed by atoms with E-state index in [4.69, 9.17) is 18.9 Å². The number of aliphatic imine (C=N–C) groups is 1. The Labute approximate surface area is 353 Å². The lowest BCUT2D eigenvalue weighted by Gasteiger charge is -2.33. The number of methoxy groups -OCH3 is 2. The number of benzene rings is 2. The third-order valence-electron chi connectivity index (χ3n) is 11.4. The number of imidazole rings is 1. The van der Waals surface area contributed by atoms with Gasteiger partial charge in [-0.1, -0.05) is 53.3 Å². The van der Waals surface area contributed by atoms with E-state index in [0.717, 1.165) is 75.2 Å². The van der Waals surface area contributed by atoms with Gasteiger partial charge in [-0.3, -0.25) is 14.6 Å². The first-order valence-electron chi connectivity index (χ1n) is 20.8.